The van der Waals surface area contributed by atoms with Crippen LogP contribution in [0.1, 0.15) is 18.2 Å². The average molecular weight is 323 g/mol. The van der Waals surface area contributed by atoms with Gasteiger partial charge in [-0.25, -0.2) is 0 Å². The van der Waals surface area contributed by atoms with Crippen molar-refractivity contribution in [2.75, 3.05) is 5.32 Å². The number of hydrogen-bond acceptors (Lipinski definition) is 3. The van der Waals surface area contributed by atoms with Crippen molar-refractivity contribution >= 4 is 39.7 Å². The number of nitrogens with zero attached hydrogens (tertiary/aromatic N) is 1. The minimum absolute atomic E-state index is 0.436. The second-order valence-electron chi connectivity index (χ2n) is 5.28. The zero-order valence-corrected chi connectivity index (χ0v) is 13.8. The molecular weight excluding hydrogens is 306 g/mol. The van der Waals surface area contributed by atoms with E-state index < -0.39 is 0 Å². The maximum atomic E-state index is 5.76. The topological polar surface area (TPSA) is 49.6 Å². The first kappa shape index (κ1) is 15.2. The standard InChI is InChI=1S/C18H17N3OS/c1-12-6-5-8-15(10-12)19-18(23)21-20-13(2)17-11-14-7-3-4-9-16(14)22-17/h3-11H,1-2H3,(H2,19,21,23)/b20-13-. The summed E-state index contributed by atoms with van der Waals surface area (Å²) >= 11 is 5.25. The molecule has 0 aliphatic carbocycles. The summed E-state index contributed by atoms with van der Waals surface area (Å²) in [5.74, 6) is 0.719. The highest BCUT2D eigenvalue weighted by Crippen LogP contribution is 2.19. The van der Waals surface area contributed by atoms with Gasteiger partial charge in [0.05, 0.1) is 0 Å². The molecule has 3 aromatic rings. The number of fused-ring (bicyclic) bond motifs is 1. The van der Waals surface area contributed by atoms with Gasteiger partial charge in [-0.05, 0) is 55.9 Å². The molecule has 0 radical (unpaired) electrons. The summed E-state index contributed by atoms with van der Waals surface area (Å²) < 4.78 is 5.76. The Kier molecular flexibility index (Phi) is 4.39. The van der Waals surface area contributed by atoms with E-state index in [2.05, 4.69) is 15.8 Å². The summed E-state index contributed by atoms with van der Waals surface area (Å²) in [5.41, 5.74) is 6.51. The lowest BCUT2D eigenvalue weighted by atomic mass is 10.2. The number of hydrogen-bond donors (Lipinski definition) is 2. The highest BCUT2D eigenvalue weighted by molar-refractivity contribution is 7.80. The first-order valence-corrected chi connectivity index (χ1v) is 7.69. The Morgan fingerprint density at radius 2 is 1.91 bits per heavy atom. The molecule has 0 saturated heterocycles. The van der Waals surface area contributed by atoms with E-state index in [0.29, 0.717) is 5.11 Å². The van der Waals surface area contributed by atoms with Gasteiger partial charge >= 0.3 is 0 Å². The van der Waals surface area contributed by atoms with Crippen molar-refractivity contribution in [3.63, 3.8) is 0 Å². The van der Waals surface area contributed by atoms with Crippen molar-refractivity contribution in [1.29, 1.82) is 0 Å². The molecule has 0 aliphatic heterocycles. The SMILES string of the molecule is C/C(=N/NC(=S)Nc1cccc(C)c1)c1cc2ccccc2o1. The van der Waals surface area contributed by atoms with Gasteiger partial charge in [0, 0.05) is 11.1 Å². The number of thiocarbonyl (C=S) groups is 1. The molecule has 0 bridgehead atoms. The van der Waals surface area contributed by atoms with E-state index >= 15 is 0 Å². The molecule has 0 aliphatic rings. The Balaban J connectivity index is 1.67. The van der Waals surface area contributed by atoms with Crippen LogP contribution in [-0.2, 0) is 0 Å². The van der Waals surface area contributed by atoms with Crippen molar-refractivity contribution in [2.24, 2.45) is 5.10 Å². The van der Waals surface area contributed by atoms with Crippen LogP contribution < -0.4 is 10.7 Å². The lowest BCUT2D eigenvalue weighted by Gasteiger charge is -2.08. The summed E-state index contributed by atoms with van der Waals surface area (Å²) in [5, 5.41) is 8.87. The Hall–Kier alpha value is -2.66. The summed E-state index contributed by atoms with van der Waals surface area (Å²) in [6, 6.07) is 17.8. The number of aryl methyl sites for hydroxylation is 1. The lowest BCUT2D eigenvalue weighted by molar-refractivity contribution is 0.603. The predicted molar refractivity (Wildman–Crippen MR) is 99.0 cm³/mol. The molecule has 1 heterocycles. The fourth-order valence-electron chi connectivity index (χ4n) is 2.23. The lowest BCUT2D eigenvalue weighted by Crippen LogP contribution is -2.24. The Bertz CT molecular complexity index is 850. The van der Waals surface area contributed by atoms with Gasteiger partial charge in [-0.15, -0.1) is 0 Å². The van der Waals surface area contributed by atoms with Gasteiger partial charge in [-0.2, -0.15) is 5.10 Å². The first-order chi connectivity index (χ1) is 11.1. The quantitative estimate of drug-likeness (QED) is 0.425. The number of hydrazone groups is 1. The van der Waals surface area contributed by atoms with Gasteiger partial charge in [-0.3, -0.25) is 5.43 Å². The molecule has 0 spiro atoms. The van der Waals surface area contributed by atoms with Crippen LogP contribution in [-0.4, -0.2) is 10.8 Å². The largest absolute Gasteiger partial charge is 0.455 e. The van der Waals surface area contributed by atoms with Gasteiger partial charge in [0.2, 0.25) is 0 Å². The van der Waals surface area contributed by atoms with E-state index in [4.69, 9.17) is 16.6 Å². The van der Waals surface area contributed by atoms with Crippen LogP contribution in [0.25, 0.3) is 11.0 Å². The molecule has 1 aromatic heterocycles. The van der Waals surface area contributed by atoms with E-state index in [-0.39, 0.29) is 0 Å². The zero-order chi connectivity index (χ0) is 16.2. The minimum Gasteiger partial charge on any atom is -0.455 e. The molecule has 2 N–H and O–H groups in total. The van der Waals surface area contributed by atoms with Crippen molar-refractivity contribution < 1.29 is 4.42 Å². The molecule has 0 unspecified atom stereocenters. The molecule has 23 heavy (non-hydrogen) atoms. The van der Waals surface area contributed by atoms with Gasteiger partial charge < -0.3 is 9.73 Å². The summed E-state index contributed by atoms with van der Waals surface area (Å²) in [6.07, 6.45) is 0. The fourth-order valence-corrected chi connectivity index (χ4v) is 2.40. The summed E-state index contributed by atoms with van der Waals surface area (Å²) in [4.78, 5) is 0. The number of nitrogens with one attached hydrogen (secondary N) is 2. The number of furan rings is 1. The van der Waals surface area contributed by atoms with Crippen LogP contribution >= 0.6 is 12.2 Å². The van der Waals surface area contributed by atoms with Crippen LogP contribution in [0.2, 0.25) is 0 Å². The Morgan fingerprint density at radius 3 is 2.70 bits per heavy atom. The normalized spacial score (nSPS) is 11.5. The Morgan fingerprint density at radius 1 is 1.09 bits per heavy atom. The molecule has 0 fully saturated rings. The van der Waals surface area contributed by atoms with E-state index in [1.54, 1.807) is 0 Å². The number of anilines is 1. The van der Waals surface area contributed by atoms with E-state index in [0.717, 1.165) is 28.1 Å². The van der Waals surface area contributed by atoms with Crippen molar-refractivity contribution in [1.82, 2.24) is 5.43 Å². The third-order valence-electron chi connectivity index (χ3n) is 3.38. The molecule has 0 saturated carbocycles. The monoisotopic (exact) mass is 323 g/mol. The number of rotatable bonds is 3. The van der Waals surface area contributed by atoms with Crippen molar-refractivity contribution in [2.45, 2.75) is 13.8 Å². The molecule has 0 atom stereocenters. The predicted octanol–water partition coefficient (Wildman–Crippen LogP) is 4.45. The molecular formula is C18H17N3OS. The molecule has 5 heteroatoms. The van der Waals surface area contributed by atoms with Gasteiger partial charge in [0.1, 0.15) is 11.3 Å². The minimum atomic E-state index is 0.436. The molecule has 2 aromatic carbocycles. The molecule has 0 amide bonds. The van der Waals surface area contributed by atoms with Crippen LogP contribution in [0.4, 0.5) is 5.69 Å². The maximum Gasteiger partial charge on any atom is 0.191 e. The van der Waals surface area contributed by atoms with Crippen molar-refractivity contribution in [3.8, 4) is 0 Å². The number of benzene rings is 2. The van der Waals surface area contributed by atoms with Crippen LogP contribution in [0, 0.1) is 6.92 Å². The highest BCUT2D eigenvalue weighted by atomic mass is 32.1. The third-order valence-corrected chi connectivity index (χ3v) is 3.58. The zero-order valence-electron chi connectivity index (χ0n) is 13.0. The second-order valence-corrected chi connectivity index (χ2v) is 5.69. The van der Waals surface area contributed by atoms with Crippen LogP contribution in [0.5, 0.6) is 0 Å². The average Bonchev–Trinajstić information content (AvgIpc) is 2.97. The Labute approximate surface area is 140 Å². The summed E-state index contributed by atoms with van der Waals surface area (Å²) in [6.45, 7) is 3.91. The van der Waals surface area contributed by atoms with Gasteiger partial charge in [-0.1, -0.05) is 30.3 Å². The molecule has 116 valence electrons. The second kappa shape index (κ2) is 6.62. The maximum absolute atomic E-state index is 5.76. The fraction of sp³-hybridized carbons (Fsp3) is 0.111. The smallest absolute Gasteiger partial charge is 0.191 e. The van der Waals surface area contributed by atoms with Crippen LogP contribution in [0.3, 0.4) is 0 Å². The van der Waals surface area contributed by atoms with E-state index in [1.807, 2.05) is 68.4 Å². The van der Waals surface area contributed by atoms with Gasteiger partial charge in [0.15, 0.2) is 10.9 Å². The molecule has 4 nitrogen and oxygen atoms in total. The third kappa shape index (κ3) is 3.76. The van der Waals surface area contributed by atoms with Gasteiger partial charge in [0.25, 0.3) is 0 Å². The first-order valence-electron chi connectivity index (χ1n) is 7.29. The highest BCUT2D eigenvalue weighted by Gasteiger charge is 2.06. The van der Waals surface area contributed by atoms with E-state index in [9.17, 15) is 0 Å². The number of para-hydroxylation sites is 1. The van der Waals surface area contributed by atoms with Crippen molar-refractivity contribution in [3.05, 3.63) is 65.9 Å². The summed E-state index contributed by atoms with van der Waals surface area (Å²) in [7, 11) is 0. The van der Waals surface area contributed by atoms with E-state index in [1.165, 1.54) is 5.56 Å². The van der Waals surface area contributed by atoms with Crippen LogP contribution in [0.15, 0.2) is 64.1 Å². The molecule has 3 rings (SSSR count).